The average molecular weight is 328 g/mol. The van der Waals surface area contributed by atoms with Crippen molar-refractivity contribution in [3.63, 3.8) is 0 Å². The molecule has 0 bridgehead atoms. The van der Waals surface area contributed by atoms with Gasteiger partial charge >= 0.3 is 0 Å². The third-order valence-corrected chi connectivity index (χ3v) is 4.47. The first-order valence-corrected chi connectivity index (χ1v) is 8.43. The molecule has 1 unspecified atom stereocenters. The highest BCUT2D eigenvalue weighted by molar-refractivity contribution is 5.78. The number of amides is 1. The molecule has 1 amide bonds. The number of benzene rings is 1. The number of carbonyl (C=O) groups excluding carboxylic acids is 1. The Labute approximate surface area is 142 Å². The molecule has 1 aliphatic heterocycles. The molecule has 5 nitrogen and oxygen atoms in total. The summed E-state index contributed by atoms with van der Waals surface area (Å²) in [5, 5.41) is 3.05. The molecule has 1 atom stereocenters. The number of hydrogen-bond donors (Lipinski definition) is 1. The lowest BCUT2D eigenvalue weighted by Gasteiger charge is -2.26. The van der Waals surface area contributed by atoms with E-state index in [4.69, 9.17) is 9.15 Å². The Kier molecular flexibility index (Phi) is 5.54. The van der Waals surface area contributed by atoms with Crippen LogP contribution in [0.4, 0.5) is 0 Å². The Hall–Kier alpha value is -2.27. The van der Waals surface area contributed by atoms with Gasteiger partial charge in [-0.05, 0) is 55.8 Å². The summed E-state index contributed by atoms with van der Waals surface area (Å²) in [4.78, 5) is 14.6. The van der Waals surface area contributed by atoms with Crippen molar-refractivity contribution in [3.05, 3.63) is 54.0 Å². The van der Waals surface area contributed by atoms with Gasteiger partial charge in [-0.3, -0.25) is 9.69 Å². The van der Waals surface area contributed by atoms with Crippen molar-refractivity contribution in [2.45, 2.75) is 25.3 Å². The molecule has 24 heavy (non-hydrogen) atoms. The van der Waals surface area contributed by atoms with E-state index in [2.05, 4.69) is 10.2 Å². The fourth-order valence-corrected chi connectivity index (χ4v) is 3.15. The molecule has 0 aliphatic carbocycles. The minimum absolute atomic E-state index is 0.0240. The van der Waals surface area contributed by atoms with E-state index in [-0.39, 0.29) is 11.9 Å². The molecule has 0 spiro atoms. The lowest BCUT2D eigenvalue weighted by Crippen LogP contribution is -2.37. The van der Waals surface area contributed by atoms with Gasteiger partial charge in [-0.2, -0.15) is 0 Å². The predicted octanol–water partition coefficient (Wildman–Crippen LogP) is 2.78. The Morgan fingerprint density at radius 3 is 2.62 bits per heavy atom. The molecule has 1 saturated heterocycles. The van der Waals surface area contributed by atoms with Gasteiger partial charge in [0.05, 0.1) is 25.8 Å². The Bertz CT molecular complexity index is 631. The molecular formula is C19H24N2O3. The molecule has 1 aliphatic rings. The van der Waals surface area contributed by atoms with Crippen molar-refractivity contribution in [1.82, 2.24) is 10.2 Å². The van der Waals surface area contributed by atoms with E-state index < -0.39 is 0 Å². The Balaban J connectivity index is 1.56. The van der Waals surface area contributed by atoms with E-state index in [1.807, 2.05) is 36.4 Å². The molecule has 2 aromatic rings. The van der Waals surface area contributed by atoms with Gasteiger partial charge in [-0.1, -0.05) is 12.1 Å². The van der Waals surface area contributed by atoms with Crippen LogP contribution in [0.15, 0.2) is 47.1 Å². The van der Waals surface area contributed by atoms with Gasteiger partial charge in [-0.15, -0.1) is 0 Å². The summed E-state index contributed by atoms with van der Waals surface area (Å²) >= 11 is 0. The summed E-state index contributed by atoms with van der Waals surface area (Å²) < 4.78 is 10.7. The zero-order chi connectivity index (χ0) is 16.8. The van der Waals surface area contributed by atoms with E-state index in [0.717, 1.165) is 30.2 Å². The maximum Gasteiger partial charge on any atom is 0.224 e. The van der Waals surface area contributed by atoms with Crippen LogP contribution in [0, 0.1) is 0 Å². The largest absolute Gasteiger partial charge is 0.497 e. The van der Waals surface area contributed by atoms with Crippen LogP contribution in [0.5, 0.6) is 5.75 Å². The van der Waals surface area contributed by atoms with Crippen LogP contribution in [0.2, 0.25) is 0 Å². The van der Waals surface area contributed by atoms with Crippen LogP contribution in [-0.4, -0.2) is 37.6 Å². The van der Waals surface area contributed by atoms with E-state index in [0.29, 0.717) is 13.0 Å². The standard InChI is InChI=1S/C19H24N2O3/c1-23-16-8-6-15(7-9-16)13-19(22)20-14-17(18-5-4-12-24-18)21-10-2-3-11-21/h4-9,12,17H,2-3,10-11,13-14H2,1H3,(H,20,22). The topological polar surface area (TPSA) is 54.7 Å². The Morgan fingerprint density at radius 1 is 1.25 bits per heavy atom. The summed E-state index contributed by atoms with van der Waals surface area (Å²) in [6.07, 6.45) is 4.47. The zero-order valence-electron chi connectivity index (χ0n) is 14.0. The molecule has 2 heterocycles. The number of rotatable bonds is 7. The highest BCUT2D eigenvalue weighted by Crippen LogP contribution is 2.24. The summed E-state index contributed by atoms with van der Waals surface area (Å²) in [5.74, 6) is 1.74. The second-order valence-electron chi connectivity index (χ2n) is 6.10. The van der Waals surface area contributed by atoms with Gasteiger partial charge in [0.1, 0.15) is 11.5 Å². The number of ether oxygens (including phenoxy) is 1. The summed E-state index contributed by atoms with van der Waals surface area (Å²) in [5.41, 5.74) is 0.976. The van der Waals surface area contributed by atoms with Crippen LogP contribution in [0.25, 0.3) is 0 Å². The van der Waals surface area contributed by atoms with Crippen LogP contribution in [-0.2, 0) is 11.2 Å². The maximum atomic E-state index is 12.3. The lowest BCUT2D eigenvalue weighted by molar-refractivity contribution is -0.120. The van der Waals surface area contributed by atoms with Gasteiger partial charge in [0.15, 0.2) is 0 Å². The van der Waals surface area contributed by atoms with Gasteiger partial charge < -0.3 is 14.5 Å². The lowest BCUT2D eigenvalue weighted by atomic mass is 10.1. The monoisotopic (exact) mass is 328 g/mol. The normalized spacial score (nSPS) is 16.0. The fourth-order valence-electron chi connectivity index (χ4n) is 3.15. The van der Waals surface area contributed by atoms with Crippen LogP contribution in [0.3, 0.4) is 0 Å². The molecule has 1 aromatic carbocycles. The third-order valence-electron chi connectivity index (χ3n) is 4.47. The highest BCUT2D eigenvalue weighted by atomic mass is 16.5. The molecule has 1 fully saturated rings. The highest BCUT2D eigenvalue weighted by Gasteiger charge is 2.25. The molecule has 1 aromatic heterocycles. The second kappa shape index (κ2) is 8.02. The van der Waals surface area contributed by atoms with Gasteiger partial charge in [0.2, 0.25) is 5.91 Å². The van der Waals surface area contributed by atoms with Crippen molar-refractivity contribution < 1.29 is 13.9 Å². The van der Waals surface area contributed by atoms with Crippen LogP contribution in [0.1, 0.15) is 30.2 Å². The third kappa shape index (κ3) is 4.17. The molecule has 0 saturated carbocycles. The number of likely N-dealkylation sites (tertiary alicyclic amines) is 1. The minimum Gasteiger partial charge on any atom is -0.497 e. The summed E-state index contributed by atoms with van der Waals surface area (Å²) in [7, 11) is 1.63. The quantitative estimate of drug-likeness (QED) is 0.849. The number of methoxy groups -OCH3 is 1. The van der Waals surface area contributed by atoms with E-state index >= 15 is 0 Å². The van der Waals surface area contributed by atoms with Crippen LogP contribution >= 0.6 is 0 Å². The van der Waals surface area contributed by atoms with Gasteiger partial charge in [-0.25, -0.2) is 0 Å². The maximum absolute atomic E-state index is 12.3. The first-order chi connectivity index (χ1) is 11.8. The molecule has 5 heteroatoms. The van der Waals surface area contributed by atoms with Gasteiger partial charge in [0.25, 0.3) is 0 Å². The van der Waals surface area contributed by atoms with Crippen molar-refractivity contribution in [1.29, 1.82) is 0 Å². The minimum atomic E-state index is 0.0240. The van der Waals surface area contributed by atoms with E-state index in [1.165, 1.54) is 12.8 Å². The fraction of sp³-hybridized carbons (Fsp3) is 0.421. The first kappa shape index (κ1) is 16.6. The predicted molar refractivity (Wildman–Crippen MR) is 92.0 cm³/mol. The van der Waals surface area contributed by atoms with Crippen molar-refractivity contribution in [2.24, 2.45) is 0 Å². The molecule has 0 radical (unpaired) electrons. The number of nitrogens with one attached hydrogen (secondary N) is 1. The first-order valence-electron chi connectivity index (χ1n) is 8.43. The number of carbonyl (C=O) groups is 1. The number of furan rings is 1. The molecule has 3 rings (SSSR count). The number of nitrogens with zero attached hydrogens (tertiary/aromatic N) is 1. The average Bonchev–Trinajstić information content (AvgIpc) is 3.30. The van der Waals surface area contributed by atoms with Crippen LogP contribution < -0.4 is 10.1 Å². The van der Waals surface area contributed by atoms with Crippen molar-refractivity contribution in [3.8, 4) is 5.75 Å². The SMILES string of the molecule is COc1ccc(CC(=O)NCC(c2ccco2)N2CCCC2)cc1. The Morgan fingerprint density at radius 2 is 2.00 bits per heavy atom. The number of hydrogen-bond acceptors (Lipinski definition) is 4. The summed E-state index contributed by atoms with van der Waals surface area (Å²) in [6.45, 7) is 2.68. The van der Waals surface area contributed by atoms with Gasteiger partial charge in [0, 0.05) is 6.54 Å². The van der Waals surface area contributed by atoms with Crippen molar-refractivity contribution in [2.75, 3.05) is 26.7 Å². The molecular weight excluding hydrogens is 304 g/mol. The summed E-state index contributed by atoms with van der Waals surface area (Å²) in [6, 6.07) is 11.6. The second-order valence-corrected chi connectivity index (χ2v) is 6.10. The van der Waals surface area contributed by atoms with Crippen molar-refractivity contribution >= 4 is 5.91 Å². The molecule has 1 N–H and O–H groups in total. The van der Waals surface area contributed by atoms with E-state index in [9.17, 15) is 4.79 Å². The smallest absolute Gasteiger partial charge is 0.224 e. The zero-order valence-corrected chi connectivity index (χ0v) is 14.0. The van der Waals surface area contributed by atoms with E-state index in [1.54, 1.807) is 13.4 Å². The molecule has 128 valence electrons.